The number of carbonyl (C=O) groups is 1. The number of morpholine rings is 1. The first kappa shape index (κ1) is 22.7. The number of likely N-dealkylation sites (N-methyl/N-ethyl adjacent to an activating group) is 1. The molecule has 0 aliphatic carbocycles. The van der Waals surface area contributed by atoms with Gasteiger partial charge in [-0.15, -0.1) is 0 Å². The largest absolute Gasteiger partial charge is 0.378 e. The zero-order chi connectivity index (χ0) is 24.5. The van der Waals surface area contributed by atoms with Gasteiger partial charge in [-0.05, 0) is 36.9 Å². The molecule has 4 heterocycles. The number of aromatic amines is 1. The molecule has 0 spiro atoms. The van der Waals surface area contributed by atoms with Crippen LogP contribution in [0.25, 0.3) is 33.5 Å². The van der Waals surface area contributed by atoms with Gasteiger partial charge in [0.05, 0.1) is 25.1 Å². The van der Waals surface area contributed by atoms with E-state index in [1.807, 2.05) is 41.6 Å². The standard InChI is InChI=1S/C28H30N6O2/c1-32-10-12-33(13-11-32)23-8-6-21(7-9-23)25-19-30-27-26(31-25)24(18-29-27)20-2-4-22(5-3-20)28(35)34-14-16-36-17-15-34/h2-9,18-19H,10-17H2,1H3,(H,29,30). The molecule has 8 nitrogen and oxygen atoms in total. The van der Waals surface area contributed by atoms with E-state index in [0.29, 0.717) is 31.9 Å². The summed E-state index contributed by atoms with van der Waals surface area (Å²) >= 11 is 0. The molecule has 2 aliphatic heterocycles. The van der Waals surface area contributed by atoms with Crippen molar-refractivity contribution in [3.63, 3.8) is 0 Å². The molecule has 0 bridgehead atoms. The van der Waals surface area contributed by atoms with Crippen LogP contribution in [0.2, 0.25) is 0 Å². The number of amides is 1. The SMILES string of the molecule is CN1CCN(c2ccc(-c3cnc4[nH]cc(-c5ccc(C(=O)N6CCOCC6)cc5)c4n3)cc2)CC1. The van der Waals surface area contributed by atoms with E-state index in [0.717, 1.165) is 59.7 Å². The second-order valence-electron chi connectivity index (χ2n) is 9.47. The lowest BCUT2D eigenvalue weighted by molar-refractivity contribution is 0.0303. The van der Waals surface area contributed by atoms with E-state index in [2.05, 4.69) is 51.1 Å². The highest BCUT2D eigenvalue weighted by molar-refractivity contribution is 5.96. The Hall–Kier alpha value is -3.75. The molecule has 6 rings (SSSR count). The molecule has 2 aromatic carbocycles. The number of H-pyrrole nitrogens is 1. The number of fused-ring (bicyclic) bond motifs is 1. The number of anilines is 1. The van der Waals surface area contributed by atoms with E-state index in [4.69, 9.17) is 9.72 Å². The topological polar surface area (TPSA) is 77.6 Å². The third-order valence-electron chi connectivity index (χ3n) is 7.15. The van der Waals surface area contributed by atoms with Crippen LogP contribution < -0.4 is 4.90 Å². The van der Waals surface area contributed by atoms with E-state index in [1.165, 1.54) is 5.69 Å². The number of benzene rings is 2. The number of nitrogens with one attached hydrogen (secondary N) is 1. The molecule has 2 aliphatic rings. The second kappa shape index (κ2) is 9.72. The molecule has 0 atom stereocenters. The highest BCUT2D eigenvalue weighted by Gasteiger charge is 2.19. The fraction of sp³-hybridized carbons (Fsp3) is 0.321. The molecule has 2 aromatic heterocycles. The normalized spacial score (nSPS) is 17.0. The molecule has 0 unspecified atom stereocenters. The van der Waals surface area contributed by atoms with E-state index >= 15 is 0 Å². The Bertz CT molecular complexity index is 1350. The van der Waals surface area contributed by atoms with E-state index in [9.17, 15) is 4.79 Å². The molecule has 1 N–H and O–H groups in total. The molecule has 36 heavy (non-hydrogen) atoms. The Morgan fingerprint density at radius 1 is 0.889 bits per heavy atom. The number of carbonyl (C=O) groups excluding carboxylic acids is 1. The summed E-state index contributed by atoms with van der Waals surface area (Å²) in [5.41, 5.74) is 7.35. The van der Waals surface area contributed by atoms with Gasteiger partial charge in [-0.3, -0.25) is 4.79 Å². The summed E-state index contributed by atoms with van der Waals surface area (Å²) in [6, 6.07) is 16.3. The number of hydrogen-bond acceptors (Lipinski definition) is 6. The monoisotopic (exact) mass is 482 g/mol. The molecule has 1 amide bonds. The summed E-state index contributed by atoms with van der Waals surface area (Å²) in [5, 5.41) is 0. The Balaban J connectivity index is 1.23. The first-order chi connectivity index (χ1) is 17.7. The van der Waals surface area contributed by atoms with Crippen molar-refractivity contribution in [2.45, 2.75) is 0 Å². The van der Waals surface area contributed by atoms with Crippen molar-refractivity contribution in [1.29, 1.82) is 0 Å². The maximum Gasteiger partial charge on any atom is 0.254 e. The lowest BCUT2D eigenvalue weighted by Gasteiger charge is -2.34. The average molecular weight is 483 g/mol. The molecular weight excluding hydrogens is 452 g/mol. The quantitative estimate of drug-likeness (QED) is 0.480. The van der Waals surface area contributed by atoms with Crippen LogP contribution in [0.15, 0.2) is 60.9 Å². The summed E-state index contributed by atoms with van der Waals surface area (Å²) in [5.74, 6) is 0.0471. The van der Waals surface area contributed by atoms with E-state index < -0.39 is 0 Å². The van der Waals surface area contributed by atoms with Crippen LogP contribution in [0, 0.1) is 0 Å². The number of rotatable bonds is 4. The first-order valence-electron chi connectivity index (χ1n) is 12.5. The van der Waals surface area contributed by atoms with Crippen molar-refractivity contribution in [2.24, 2.45) is 0 Å². The smallest absolute Gasteiger partial charge is 0.254 e. The van der Waals surface area contributed by atoms with E-state index in [1.54, 1.807) is 0 Å². The fourth-order valence-electron chi connectivity index (χ4n) is 4.90. The van der Waals surface area contributed by atoms with Crippen molar-refractivity contribution in [1.82, 2.24) is 24.8 Å². The lowest BCUT2D eigenvalue weighted by atomic mass is 10.0. The number of hydrogen-bond donors (Lipinski definition) is 1. The summed E-state index contributed by atoms with van der Waals surface area (Å²) in [7, 11) is 2.17. The highest BCUT2D eigenvalue weighted by Crippen LogP contribution is 2.29. The van der Waals surface area contributed by atoms with E-state index in [-0.39, 0.29) is 5.91 Å². The average Bonchev–Trinajstić information content (AvgIpc) is 3.37. The van der Waals surface area contributed by atoms with Crippen molar-refractivity contribution in [3.05, 3.63) is 66.5 Å². The minimum absolute atomic E-state index is 0.0471. The van der Waals surface area contributed by atoms with Gasteiger partial charge in [-0.1, -0.05) is 24.3 Å². The third kappa shape index (κ3) is 4.45. The second-order valence-corrected chi connectivity index (χ2v) is 9.47. The molecule has 0 saturated carbocycles. The van der Waals surface area contributed by atoms with Crippen molar-refractivity contribution >= 4 is 22.8 Å². The van der Waals surface area contributed by atoms with Crippen LogP contribution in [-0.4, -0.2) is 90.2 Å². The minimum Gasteiger partial charge on any atom is -0.378 e. The fourth-order valence-corrected chi connectivity index (χ4v) is 4.90. The van der Waals surface area contributed by atoms with Gasteiger partial charge in [0.1, 0.15) is 5.52 Å². The van der Waals surface area contributed by atoms with Crippen molar-refractivity contribution in [2.75, 3.05) is 64.4 Å². The predicted molar refractivity (Wildman–Crippen MR) is 141 cm³/mol. The Kier molecular flexibility index (Phi) is 6.13. The summed E-state index contributed by atoms with van der Waals surface area (Å²) in [4.78, 5) is 32.2. The lowest BCUT2D eigenvalue weighted by Crippen LogP contribution is -2.44. The van der Waals surface area contributed by atoms with Gasteiger partial charge in [-0.2, -0.15) is 0 Å². The van der Waals surface area contributed by atoms with Gasteiger partial charge in [-0.25, -0.2) is 9.97 Å². The highest BCUT2D eigenvalue weighted by atomic mass is 16.5. The zero-order valence-corrected chi connectivity index (χ0v) is 20.5. The Labute approximate surface area is 210 Å². The van der Waals surface area contributed by atoms with Gasteiger partial charge < -0.3 is 24.4 Å². The Morgan fingerprint density at radius 2 is 1.58 bits per heavy atom. The van der Waals surface area contributed by atoms with Gasteiger partial charge >= 0.3 is 0 Å². The van der Waals surface area contributed by atoms with Crippen LogP contribution in [0.5, 0.6) is 0 Å². The van der Waals surface area contributed by atoms with Gasteiger partial charge in [0.25, 0.3) is 5.91 Å². The maximum absolute atomic E-state index is 12.8. The van der Waals surface area contributed by atoms with Gasteiger partial charge in [0.15, 0.2) is 5.65 Å². The number of ether oxygens (including phenoxy) is 1. The molecule has 0 radical (unpaired) electrons. The van der Waals surface area contributed by atoms with Crippen LogP contribution in [0.1, 0.15) is 10.4 Å². The first-order valence-corrected chi connectivity index (χ1v) is 12.5. The van der Waals surface area contributed by atoms with Crippen LogP contribution in [-0.2, 0) is 4.74 Å². The zero-order valence-electron chi connectivity index (χ0n) is 20.5. The van der Waals surface area contributed by atoms with Crippen LogP contribution >= 0.6 is 0 Å². The molecule has 2 fully saturated rings. The van der Waals surface area contributed by atoms with Crippen LogP contribution in [0.3, 0.4) is 0 Å². The third-order valence-corrected chi connectivity index (χ3v) is 7.15. The molecule has 2 saturated heterocycles. The summed E-state index contributed by atoms with van der Waals surface area (Å²) in [6.45, 7) is 6.73. The molecular formula is C28H30N6O2. The predicted octanol–water partition coefficient (Wildman–Crippen LogP) is 3.52. The molecule has 4 aromatic rings. The molecule has 184 valence electrons. The Morgan fingerprint density at radius 3 is 2.31 bits per heavy atom. The van der Waals surface area contributed by atoms with Crippen molar-refractivity contribution < 1.29 is 9.53 Å². The number of nitrogens with zero attached hydrogens (tertiary/aromatic N) is 5. The summed E-state index contributed by atoms with van der Waals surface area (Å²) in [6.07, 6.45) is 3.75. The number of piperazine rings is 1. The minimum atomic E-state index is 0.0471. The molecule has 8 heteroatoms. The number of aromatic nitrogens is 3. The maximum atomic E-state index is 12.8. The van der Waals surface area contributed by atoms with Gasteiger partial charge in [0.2, 0.25) is 0 Å². The summed E-state index contributed by atoms with van der Waals surface area (Å²) < 4.78 is 5.36. The van der Waals surface area contributed by atoms with Crippen molar-refractivity contribution in [3.8, 4) is 22.4 Å². The van der Waals surface area contributed by atoms with Crippen LogP contribution in [0.4, 0.5) is 5.69 Å². The van der Waals surface area contributed by atoms with Gasteiger partial charge in [0, 0.05) is 67.8 Å².